The normalized spacial score (nSPS) is 11.4. The van der Waals surface area contributed by atoms with E-state index >= 15 is 0 Å². The van der Waals surface area contributed by atoms with Crippen LogP contribution in [0.15, 0.2) is 407 Å². The van der Waals surface area contributed by atoms with Gasteiger partial charge in [-0.05, 0) is 123 Å². The summed E-state index contributed by atoms with van der Waals surface area (Å²) in [5.41, 5.74) is 30.2. The SMILES string of the molecule is CCc1cc(-c2ccccc2)nc2c1ccc1ccc(-c3cccc(-c4ccc(-c5nc(-c6ccccc6)nc(-c6cccc(-c7cncc8ccccc78)c6)n5)cc4)c3)nc12.Cc1cc(-c2ccccc2)nc2c1ccc1ccc(-c3cccc(-c4ccc(-c5nc(-c6ccccc6)cc(-c6cccc(-c7cncc8ccccc78)c6)n5)cc4)c3)nc12. The standard InChI is InChI=1S/C56H38N6.C56H37N5/c1-2-36-33-51(38-13-5-3-6-14-38)59-53-48(36)29-27-39-28-30-50(58-52(39)53)44-20-11-18-42(31-44)37-23-25-41(26-24-37)55-60-54(40-15-7-4-8-16-40)61-56(62-55)45-21-12-19-43(32-45)49-35-57-34-46-17-9-10-22-47(46)49;1-36-30-51(38-12-4-2-5-13-38)59-55-47(36)28-26-40-27-29-50(58-54(40)55)44-19-10-17-42(31-44)37-22-24-41(25-23-37)56-60-52(39-14-6-3-7-15-39)33-53(61-56)45-20-11-18-43(32-45)49-35-57-34-46-16-8-9-21-48(46)49/h3-35H,2H2,1H3;2-35H,1H3. The number of fused-ring (bicyclic) bond motifs is 8. The van der Waals surface area contributed by atoms with Crippen LogP contribution in [0.4, 0.5) is 0 Å². The minimum atomic E-state index is 0.605. The maximum absolute atomic E-state index is 5.29. The molecule has 11 nitrogen and oxygen atoms in total. The van der Waals surface area contributed by atoms with Crippen molar-refractivity contribution in [2.45, 2.75) is 20.3 Å². The molecule has 0 N–H and O–H groups in total. The average Bonchev–Trinajstić information content (AvgIpc) is 0.760. The summed E-state index contributed by atoms with van der Waals surface area (Å²) in [7, 11) is 0. The van der Waals surface area contributed by atoms with Crippen molar-refractivity contribution in [3.63, 3.8) is 0 Å². The topological polar surface area (TPSA) is 142 Å². The molecule has 8 aromatic heterocycles. The van der Waals surface area contributed by atoms with E-state index in [-0.39, 0.29) is 0 Å². The van der Waals surface area contributed by atoms with Crippen LogP contribution in [0.2, 0.25) is 0 Å². The Hall–Kier alpha value is -16.4. The lowest BCUT2D eigenvalue weighted by Crippen LogP contribution is -2.00. The van der Waals surface area contributed by atoms with Crippen molar-refractivity contribution in [1.82, 2.24) is 54.8 Å². The predicted octanol–water partition coefficient (Wildman–Crippen LogP) is 27.8. The zero-order chi connectivity index (χ0) is 82.1. The summed E-state index contributed by atoms with van der Waals surface area (Å²) in [6.45, 7) is 4.35. The molecular formula is C112H75N11. The summed E-state index contributed by atoms with van der Waals surface area (Å²) in [6.07, 6.45) is 8.59. The van der Waals surface area contributed by atoms with Gasteiger partial charge in [-0.2, -0.15) is 0 Å². The first kappa shape index (κ1) is 74.2. The minimum absolute atomic E-state index is 0.605. The second-order valence-electron chi connectivity index (χ2n) is 30.8. The van der Waals surface area contributed by atoms with Crippen LogP contribution in [0.25, 0.3) is 223 Å². The quantitative estimate of drug-likeness (QED) is 0.0906. The highest BCUT2D eigenvalue weighted by Gasteiger charge is 2.20. The van der Waals surface area contributed by atoms with Crippen molar-refractivity contribution in [3.05, 3.63) is 418 Å². The fourth-order valence-corrected chi connectivity index (χ4v) is 16.6. The second-order valence-corrected chi connectivity index (χ2v) is 30.8. The van der Waals surface area contributed by atoms with E-state index in [2.05, 4.69) is 333 Å². The molecule has 0 saturated carbocycles. The molecule has 0 aliphatic carbocycles. The Bertz CT molecular complexity index is 7770. The molecule has 22 aromatic rings. The maximum Gasteiger partial charge on any atom is 0.164 e. The monoisotopic (exact) mass is 1570 g/mol. The Morgan fingerprint density at radius 3 is 1.02 bits per heavy atom. The first-order valence-corrected chi connectivity index (χ1v) is 41.4. The Morgan fingerprint density at radius 1 is 0.187 bits per heavy atom. The molecule has 123 heavy (non-hydrogen) atoms. The number of benzene rings is 14. The van der Waals surface area contributed by atoms with Crippen molar-refractivity contribution in [1.29, 1.82) is 0 Å². The number of rotatable bonds is 15. The molecule has 0 bridgehead atoms. The first-order chi connectivity index (χ1) is 60.8. The smallest absolute Gasteiger partial charge is 0.164 e. The van der Waals surface area contributed by atoms with Crippen LogP contribution in [-0.2, 0) is 6.42 Å². The van der Waals surface area contributed by atoms with Crippen LogP contribution in [0, 0.1) is 6.92 Å². The van der Waals surface area contributed by atoms with Gasteiger partial charge in [0.05, 0.1) is 56.2 Å². The van der Waals surface area contributed by atoms with Gasteiger partial charge in [-0.3, -0.25) is 9.97 Å². The molecule has 8 heterocycles. The molecule has 11 heteroatoms. The molecule has 0 aliphatic rings. The van der Waals surface area contributed by atoms with Crippen molar-refractivity contribution in [2.75, 3.05) is 0 Å². The van der Waals surface area contributed by atoms with Crippen molar-refractivity contribution in [3.8, 4) is 158 Å². The fourth-order valence-electron chi connectivity index (χ4n) is 16.6. The van der Waals surface area contributed by atoms with Gasteiger partial charge in [0.1, 0.15) is 0 Å². The molecule has 0 aliphatic heterocycles. The highest BCUT2D eigenvalue weighted by molar-refractivity contribution is 6.07. The van der Waals surface area contributed by atoms with Gasteiger partial charge in [-0.25, -0.2) is 44.9 Å². The lowest BCUT2D eigenvalue weighted by molar-refractivity contribution is 1.07. The van der Waals surface area contributed by atoms with Gasteiger partial charge in [0.25, 0.3) is 0 Å². The molecule has 14 aromatic carbocycles. The molecule has 0 unspecified atom stereocenters. The number of hydrogen-bond donors (Lipinski definition) is 0. The second kappa shape index (κ2) is 32.5. The summed E-state index contributed by atoms with van der Waals surface area (Å²) >= 11 is 0. The Kier molecular flexibility index (Phi) is 19.6. The Labute approximate surface area is 711 Å². The zero-order valence-corrected chi connectivity index (χ0v) is 67.3. The van der Waals surface area contributed by atoms with Gasteiger partial charge in [0.2, 0.25) is 0 Å². The number of nitrogens with zero attached hydrogens (tertiary/aromatic N) is 11. The molecular weight excluding hydrogens is 1500 g/mol. The van der Waals surface area contributed by atoms with Gasteiger partial charge in [-0.1, -0.05) is 335 Å². The molecule has 22 rings (SSSR count). The van der Waals surface area contributed by atoms with E-state index in [0.29, 0.717) is 23.3 Å². The van der Waals surface area contributed by atoms with Crippen molar-refractivity contribution in [2.24, 2.45) is 0 Å². The van der Waals surface area contributed by atoms with Crippen molar-refractivity contribution >= 4 is 65.2 Å². The molecule has 0 spiro atoms. The minimum Gasteiger partial charge on any atom is -0.263 e. The van der Waals surface area contributed by atoms with Crippen LogP contribution in [0.3, 0.4) is 0 Å². The third kappa shape index (κ3) is 14.9. The first-order valence-electron chi connectivity index (χ1n) is 41.4. The van der Waals surface area contributed by atoms with E-state index in [1.807, 2.05) is 97.6 Å². The number of pyridine rings is 6. The summed E-state index contributed by atoms with van der Waals surface area (Å²) in [6, 6.07) is 133. The Balaban J connectivity index is 0.000000151. The van der Waals surface area contributed by atoms with Crippen LogP contribution in [0.5, 0.6) is 0 Å². The van der Waals surface area contributed by atoms with Crippen LogP contribution >= 0.6 is 0 Å². The lowest BCUT2D eigenvalue weighted by Gasteiger charge is -2.12. The van der Waals surface area contributed by atoms with E-state index in [4.69, 9.17) is 44.9 Å². The van der Waals surface area contributed by atoms with Gasteiger partial charge in [0, 0.05) is 124 Å². The zero-order valence-electron chi connectivity index (χ0n) is 67.3. The fraction of sp³-hybridized carbons (Fsp3) is 0.0268. The molecule has 0 radical (unpaired) electrons. The molecule has 0 fully saturated rings. The molecule has 0 saturated heterocycles. The van der Waals surface area contributed by atoms with E-state index in [1.165, 1.54) is 16.5 Å². The van der Waals surface area contributed by atoms with E-state index in [9.17, 15) is 0 Å². The van der Waals surface area contributed by atoms with Gasteiger partial charge in [-0.15, -0.1) is 0 Å². The number of aryl methyl sites for hydroxylation is 2. The maximum atomic E-state index is 5.29. The van der Waals surface area contributed by atoms with Crippen molar-refractivity contribution < 1.29 is 0 Å². The lowest BCUT2D eigenvalue weighted by atomic mass is 9.98. The summed E-state index contributed by atoms with van der Waals surface area (Å²) < 4.78 is 0. The van der Waals surface area contributed by atoms with E-state index < -0.39 is 0 Å². The largest absolute Gasteiger partial charge is 0.263 e. The average molecular weight is 1570 g/mol. The molecule has 578 valence electrons. The van der Waals surface area contributed by atoms with Gasteiger partial charge < -0.3 is 0 Å². The summed E-state index contributed by atoms with van der Waals surface area (Å²) in [5, 5.41) is 8.92. The van der Waals surface area contributed by atoms with Crippen LogP contribution in [0.1, 0.15) is 18.1 Å². The number of aromatic nitrogens is 11. The van der Waals surface area contributed by atoms with Gasteiger partial charge in [0.15, 0.2) is 23.3 Å². The molecule has 0 amide bonds. The summed E-state index contributed by atoms with van der Waals surface area (Å²) in [4.78, 5) is 55.4. The third-order valence-electron chi connectivity index (χ3n) is 23.1. The molecule has 0 atom stereocenters. The number of hydrogen-bond acceptors (Lipinski definition) is 11. The van der Waals surface area contributed by atoms with E-state index in [0.717, 1.165) is 200 Å². The highest BCUT2D eigenvalue weighted by Crippen LogP contribution is 2.40. The predicted molar refractivity (Wildman–Crippen MR) is 504 cm³/mol. The van der Waals surface area contributed by atoms with Crippen LogP contribution < -0.4 is 0 Å². The van der Waals surface area contributed by atoms with E-state index in [1.54, 1.807) is 0 Å². The Morgan fingerprint density at radius 2 is 0.520 bits per heavy atom. The third-order valence-corrected chi connectivity index (χ3v) is 23.1. The van der Waals surface area contributed by atoms with Crippen LogP contribution in [-0.4, -0.2) is 54.8 Å². The van der Waals surface area contributed by atoms with Gasteiger partial charge >= 0.3 is 0 Å². The highest BCUT2D eigenvalue weighted by atomic mass is 15.0. The summed E-state index contributed by atoms with van der Waals surface area (Å²) in [5.74, 6) is 2.50.